The molecular formula is C5H5NO2S. The molecule has 0 saturated heterocycles. The number of dihydropyridines is 1. The van der Waals surface area contributed by atoms with E-state index in [4.69, 9.17) is 0 Å². The van der Waals surface area contributed by atoms with Crippen LogP contribution in [0.5, 0.6) is 0 Å². The zero-order valence-electron chi connectivity index (χ0n) is 4.61. The van der Waals surface area contributed by atoms with E-state index in [0.29, 0.717) is 6.42 Å². The predicted molar refractivity (Wildman–Crippen MR) is 36.2 cm³/mol. The zero-order chi connectivity index (χ0) is 6.69. The van der Waals surface area contributed by atoms with E-state index in [1.807, 2.05) is 0 Å². The molecule has 48 valence electrons. The quantitative estimate of drug-likeness (QED) is 0.449. The molecule has 0 aliphatic carbocycles. The molecule has 4 heteroatoms. The van der Waals surface area contributed by atoms with E-state index in [1.165, 1.54) is 6.21 Å². The molecule has 9 heavy (non-hydrogen) atoms. The average Bonchev–Trinajstić information content (AvgIpc) is 1.90. The van der Waals surface area contributed by atoms with Gasteiger partial charge in [-0.1, -0.05) is 6.08 Å². The Balaban J connectivity index is 3.05. The van der Waals surface area contributed by atoms with Gasteiger partial charge in [-0.25, -0.2) is 4.99 Å². The van der Waals surface area contributed by atoms with Gasteiger partial charge < -0.3 is 0 Å². The second-order valence-corrected chi connectivity index (χ2v) is 2.48. The highest BCUT2D eigenvalue weighted by Gasteiger charge is 1.96. The van der Waals surface area contributed by atoms with Gasteiger partial charge in [0, 0.05) is 12.6 Å². The van der Waals surface area contributed by atoms with Crippen LogP contribution in [-0.2, 0) is 10.3 Å². The molecule has 0 aromatic carbocycles. The maximum atomic E-state index is 10.2. The van der Waals surface area contributed by atoms with Crippen LogP contribution < -0.4 is 0 Å². The first-order valence-electron chi connectivity index (χ1n) is 2.45. The van der Waals surface area contributed by atoms with Crippen LogP contribution >= 0.6 is 0 Å². The van der Waals surface area contributed by atoms with Gasteiger partial charge in [0.1, 0.15) is 0 Å². The number of hydrogen-bond donors (Lipinski definition) is 0. The molecular weight excluding hydrogens is 138 g/mol. The largest absolute Gasteiger partial charge is 0.245 e. The first-order valence-corrected chi connectivity index (χ1v) is 3.52. The molecule has 1 aliphatic rings. The lowest BCUT2D eigenvalue weighted by atomic mass is 10.3. The highest BCUT2D eigenvalue weighted by molar-refractivity contribution is 7.73. The second kappa shape index (κ2) is 2.59. The molecule has 1 heterocycles. The fourth-order valence-corrected chi connectivity index (χ4v) is 0.899. The van der Waals surface area contributed by atoms with Crippen LogP contribution in [0.3, 0.4) is 0 Å². The number of rotatable bonds is 0. The molecule has 0 N–H and O–H groups in total. The topological polar surface area (TPSA) is 46.5 Å². The van der Waals surface area contributed by atoms with Gasteiger partial charge in [-0.2, -0.15) is 8.42 Å². The Morgan fingerprint density at radius 2 is 2.33 bits per heavy atom. The Hall–Kier alpha value is -0.900. The van der Waals surface area contributed by atoms with E-state index in [2.05, 4.69) is 4.99 Å². The van der Waals surface area contributed by atoms with Crippen molar-refractivity contribution in [3.8, 4) is 0 Å². The minimum atomic E-state index is -2.13. The molecule has 0 saturated carbocycles. The van der Waals surface area contributed by atoms with E-state index >= 15 is 0 Å². The zero-order valence-corrected chi connectivity index (χ0v) is 5.43. The van der Waals surface area contributed by atoms with E-state index in [9.17, 15) is 8.42 Å². The molecule has 0 fully saturated rings. The number of hydrogen-bond acceptors (Lipinski definition) is 2. The van der Waals surface area contributed by atoms with Crippen molar-refractivity contribution in [1.29, 1.82) is 0 Å². The Kier molecular flexibility index (Phi) is 1.79. The average molecular weight is 143 g/mol. The molecule has 1 rings (SSSR count). The molecule has 3 nitrogen and oxygen atoms in total. The molecule has 0 amide bonds. The van der Waals surface area contributed by atoms with E-state index in [0.717, 1.165) is 0 Å². The SMILES string of the molecule is O=S(=O)=C1CC=CC=N1. The summed E-state index contributed by atoms with van der Waals surface area (Å²) in [5.74, 6) is 0. The smallest absolute Gasteiger partial charge is 0.236 e. The fraction of sp³-hybridized carbons (Fsp3) is 0.200. The third-order valence-corrected chi connectivity index (χ3v) is 1.58. The van der Waals surface area contributed by atoms with Gasteiger partial charge in [0.2, 0.25) is 10.3 Å². The van der Waals surface area contributed by atoms with Gasteiger partial charge in [0.05, 0.1) is 0 Å². The van der Waals surface area contributed by atoms with Crippen LogP contribution in [0.1, 0.15) is 6.42 Å². The Bertz CT molecular complexity index is 276. The Morgan fingerprint density at radius 1 is 1.56 bits per heavy atom. The normalized spacial score (nSPS) is 16.2. The lowest BCUT2D eigenvalue weighted by Gasteiger charge is -1.91. The molecule has 0 aromatic rings. The Labute approximate surface area is 54.3 Å². The molecule has 0 spiro atoms. The van der Waals surface area contributed by atoms with Crippen LogP contribution in [0.4, 0.5) is 0 Å². The second-order valence-electron chi connectivity index (χ2n) is 1.54. The minimum Gasteiger partial charge on any atom is -0.245 e. The summed E-state index contributed by atoms with van der Waals surface area (Å²) in [6, 6.07) is 0. The Morgan fingerprint density at radius 3 is 2.67 bits per heavy atom. The number of nitrogens with zero attached hydrogens (tertiary/aromatic N) is 1. The van der Waals surface area contributed by atoms with Crippen molar-refractivity contribution in [3.05, 3.63) is 12.2 Å². The van der Waals surface area contributed by atoms with Gasteiger partial charge in [0.15, 0.2) is 4.99 Å². The summed E-state index contributed by atoms with van der Waals surface area (Å²) in [6.45, 7) is 0. The molecule has 0 aromatic heterocycles. The highest BCUT2D eigenvalue weighted by atomic mass is 32.2. The van der Waals surface area contributed by atoms with Crippen molar-refractivity contribution < 1.29 is 8.42 Å². The van der Waals surface area contributed by atoms with Crippen LogP contribution in [0.15, 0.2) is 17.1 Å². The fourth-order valence-electron chi connectivity index (χ4n) is 0.520. The van der Waals surface area contributed by atoms with E-state index in [1.54, 1.807) is 12.2 Å². The maximum absolute atomic E-state index is 10.2. The predicted octanol–water partition coefficient (Wildman–Crippen LogP) is 0.0261. The summed E-state index contributed by atoms with van der Waals surface area (Å²) in [7, 11) is -2.13. The summed E-state index contributed by atoms with van der Waals surface area (Å²) in [5.41, 5.74) is 0. The summed E-state index contributed by atoms with van der Waals surface area (Å²) in [5, 5.41) is 0. The van der Waals surface area contributed by atoms with Crippen molar-refractivity contribution >= 4 is 21.5 Å². The standard InChI is InChI=1S/C5H5NO2S/c7-9(8)5-3-1-2-4-6-5/h1-2,4H,3H2. The lowest BCUT2D eigenvalue weighted by Crippen LogP contribution is -1.96. The van der Waals surface area contributed by atoms with Crippen LogP contribution in [-0.4, -0.2) is 19.6 Å². The third kappa shape index (κ3) is 1.50. The molecule has 1 aliphatic heterocycles. The van der Waals surface area contributed by atoms with Crippen LogP contribution in [0, 0.1) is 0 Å². The summed E-state index contributed by atoms with van der Waals surface area (Å²) >= 11 is 0. The summed E-state index contributed by atoms with van der Waals surface area (Å²) in [4.78, 5) is 3.83. The van der Waals surface area contributed by atoms with Crippen LogP contribution in [0.2, 0.25) is 0 Å². The van der Waals surface area contributed by atoms with Crippen molar-refractivity contribution in [2.45, 2.75) is 6.42 Å². The first-order chi connectivity index (χ1) is 4.30. The van der Waals surface area contributed by atoms with Crippen LogP contribution in [0.25, 0.3) is 0 Å². The number of allylic oxidation sites excluding steroid dienone is 1. The van der Waals surface area contributed by atoms with Crippen molar-refractivity contribution in [1.82, 2.24) is 0 Å². The van der Waals surface area contributed by atoms with Crippen molar-refractivity contribution in [2.75, 3.05) is 0 Å². The van der Waals surface area contributed by atoms with E-state index in [-0.39, 0.29) is 4.99 Å². The minimum absolute atomic E-state index is 0.206. The molecule has 0 radical (unpaired) electrons. The van der Waals surface area contributed by atoms with Crippen molar-refractivity contribution in [3.63, 3.8) is 0 Å². The van der Waals surface area contributed by atoms with Gasteiger partial charge >= 0.3 is 0 Å². The van der Waals surface area contributed by atoms with E-state index < -0.39 is 10.3 Å². The molecule has 0 unspecified atom stereocenters. The first kappa shape index (κ1) is 6.22. The van der Waals surface area contributed by atoms with Gasteiger partial charge in [-0.05, 0) is 6.08 Å². The molecule has 0 atom stereocenters. The lowest BCUT2D eigenvalue weighted by molar-refractivity contribution is 0.626. The van der Waals surface area contributed by atoms with Crippen molar-refractivity contribution in [2.24, 2.45) is 4.99 Å². The van der Waals surface area contributed by atoms with Gasteiger partial charge in [0.25, 0.3) is 0 Å². The van der Waals surface area contributed by atoms with Gasteiger partial charge in [-0.15, -0.1) is 0 Å². The summed E-state index contributed by atoms with van der Waals surface area (Å²) < 4.78 is 20.3. The van der Waals surface area contributed by atoms with Gasteiger partial charge in [-0.3, -0.25) is 0 Å². The maximum Gasteiger partial charge on any atom is 0.236 e. The molecule has 0 bridgehead atoms. The number of aliphatic imine (C=N–C) groups is 1. The summed E-state index contributed by atoms with van der Waals surface area (Å²) in [6.07, 6.45) is 5.36. The highest BCUT2D eigenvalue weighted by Crippen LogP contribution is 1.92. The monoisotopic (exact) mass is 143 g/mol. The third-order valence-electron chi connectivity index (χ3n) is 0.926.